The highest BCUT2D eigenvalue weighted by Crippen LogP contribution is 2.65. The van der Waals surface area contributed by atoms with Gasteiger partial charge in [-0.2, -0.15) is 0 Å². The van der Waals surface area contributed by atoms with E-state index in [1.54, 1.807) is 0 Å². The number of benzene rings is 9. The van der Waals surface area contributed by atoms with E-state index in [9.17, 15) is 0 Å². The van der Waals surface area contributed by atoms with E-state index in [1.807, 2.05) is 6.08 Å². The predicted octanol–water partition coefficient (Wildman–Crippen LogP) is 18.0. The van der Waals surface area contributed by atoms with Gasteiger partial charge in [-0.25, -0.2) is 0 Å². The van der Waals surface area contributed by atoms with Crippen LogP contribution in [0.15, 0.2) is 218 Å². The minimum atomic E-state index is -0.489. The highest BCUT2D eigenvalue weighted by Gasteiger charge is 2.52. The summed E-state index contributed by atoms with van der Waals surface area (Å²) in [6, 6.07) is 72.6. The van der Waals surface area contributed by atoms with Gasteiger partial charge >= 0.3 is 0 Å². The van der Waals surface area contributed by atoms with Crippen molar-refractivity contribution in [2.75, 3.05) is 9.80 Å². The summed E-state index contributed by atoms with van der Waals surface area (Å²) < 4.78 is 0. The molecule has 4 aliphatic carbocycles. The number of nitrogens with zero attached hydrogens (tertiary/aromatic N) is 2. The van der Waals surface area contributed by atoms with E-state index < -0.39 is 5.41 Å². The van der Waals surface area contributed by atoms with Gasteiger partial charge in [-0.05, 0) is 199 Å². The number of hydrogen-bond acceptors (Lipinski definition) is 2. The fourth-order valence-electron chi connectivity index (χ4n) is 14.4. The van der Waals surface area contributed by atoms with Crippen LogP contribution in [0.25, 0.3) is 39.0 Å². The van der Waals surface area contributed by atoms with Crippen molar-refractivity contribution in [3.8, 4) is 33.4 Å². The SMILES string of the molecule is C=C/C(=C\C1=C(C)N(c2ccc3c(c2)-c2cc(N4c5ccccc5C(C)(C)c5cc(-c6ccc7c(c6)CC7)ccc54)ccc2C32c3ccccc3-c3ccccc32)c2ccccc2C1(C)C)c1ccc2c(c1)CC2. The van der Waals surface area contributed by atoms with Crippen LogP contribution in [0.5, 0.6) is 0 Å². The maximum Gasteiger partial charge on any atom is 0.0725 e. The summed E-state index contributed by atoms with van der Waals surface area (Å²) in [5, 5.41) is 0. The molecule has 0 bridgehead atoms. The van der Waals surface area contributed by atoms with E-state index >= 15 is 0 Å². The van der Waals surface area contributed by atoms with Crippen LogP contribution in [-0.2, 0) is 41.9 Å². The molecule has 6 aliphatic rings. The predicted molar refractivity (Wildman–Crippen MR) is 309 cm³/mol. The molecule has 2 aliphatic heterocycles. The normalized spacial score (nSPS) is 17.1. The largest absolute Gasteiger partial charge is 0.314 e. The molecule has 0 aromatic heterocycles. The number of aryl methyl sites for hydroxylation is 4. The molecule has 0 atom stereocenters. The zero-order chi connectivity index (χ0) is 49.8. The molecule has 2 nitrogen and oxygen atoms in total. The van der Waals surface area contributed by atoms with Crippen LogP contribution in [-0.4, -0.2) is 0 Å². The molecular weight excluding hydrogens is 893 g/mol. The lowest BCUT2D eigenvalue weighted by atomic mass is 9.70. The Hall–Kier alpha value is -8.20. The van der Waals surface area contributed by atoms with E-state index in [1.165, 1.54) is 148 Å². The Labute approximate surface area is 436 Å². The van der Waals surface area contributed by atoms with Crippen molar-refractivity contribution in [2.24, 2.45) is 0 Å². The standard InChI is InChI=1S/C72H58N2/c1-7-45(48-28-24-46-25-29-49(46)38-48)40-65-44(2)73(67-22-14-12-20-63(67)70(65,3)4)53-33-35-61-57(42-53)58-43-54(34-36-62(58)72(61)59-18-10-8-16-55(59)56-17-9-11-19-60(56)72)74-68-23-15-13-21-64(68)71(5,6)66-41-52(32-37-69(66)74)51-31-27-47-26-30-50(47)39-51/h7-24,27-28,31-43H,1,25-26,29-30H2,2-6H3/b45-40+. The second kappa shape index (κ2) is 15.4. The fraction of sp³-hybridized carbons (Fsp3) is 0.167. The van der Waals surface area contributed by atoms with E-state index in [-0.39, 0.29) is 10.8 Å². The quantitative estimate of drug-likeness (QED) is 0.153. The summed E-state index contributed by atoms with van der Waals surface area (Å²) in [7, 11) is 0. The van der Waals surface area contributed by atoms with Gasteiger partial charge in [0.1, 0.15) is 0 Å². The highest BCUT2D eigenvalue weighted by atomic mass is 15.2. The van der Waals surface area contributed by atoms with Crippen molar-refractivity contribution in [3.05, 3.63) is 285 Å². The molecule has 0 unspecified atom stereocenters. The van der Waals surface area contributed by atoms with Crippen molar-refractivity contribution in [2.45, 2.75) is 76.5 Å². The van der Waals surface area contributed by atoms with Crippen molar-refractivity contribution < 1.29 is 0 Å². The van der Waals surface area contributed by atoms with Crippen LogP contribution in [0.1, 0.15) is 101 Å². The average molecular weight is 951 g/mol. The van der Waals surface area contributed by atoms with Gasteiger partial charge in [0.15, 0.2) is 0 Å². The number of para-hydroxylation sites is 2. The van der Waals surface area contributed by atoms with Crippen LogP contribution in [0.2, 0.25) is 0 Å². The van der Waals surface area contributed by atoms with E-state index in [4.69, 9.17) is 0 Å². The Morgan fingerprint density at radius 1 is 0.419 bits per heavy atom. The molecule has 9 aromatic carbocycles. The Morgan fingerprint density at radius 3 is 1.50 bits per heavy atom. The number of allylic oxidation sites excluding steroid dienone is 5. The zero-order valence-electron chi connectivity index (χ0n) is 43.0. The van der Waals surface area contributed by atoms with E-state index in [0.29, 0.717) is 0 Å². The van der Waals surface area contributed by atoms with Crippen LogP contribution in [0, 0.1) is 0 Å². The summed E-state index contributed by atoms with van der Waals surface area (Å²) in [6.45, 7) is 16.3. The molecule has 0 saturated carbocycles. The second-order valence-corrected chi connectivity index (χ2v) is 22.8. The summed E-state index contributed by atoms with van der Waals surface area (Å²) in [4.78, 5) is 5.08. The maximum absolute atomic E-state index is 4.38. The lowest BCUT2D eigenvalue weighted by Crippen LogP contribution is -2.33. The molecule has 15 rings (SSSR count). The molecular formula is C72H58N2. The number of hydrogen-bond donors (Lipinski definition) is 0. The smallest absolute Gasteiger partial charge is 0.0725 e. The Bertz CT molecular complexity index is 3970. The Balaban J connectivity index is 0.951. The summed E-state index contributed by atoms with van der Waals surface area (Å²) in [6.07, 6.45) is 9.16. The van der Waals surface area contributed by atoms with Gasteiger partial charge in [-0.3, -0.25) is 0 Å². The molecule has 0 fully saturated rings. The molecule has 2 heterocycles. The van der Waals surface area contributed by atoms with Gasteiger partial charge in [0, 0.05) is 33.6 Å². The summed E-state index contributed by atoms with van der Waals surface area (Å²) in [5.41, 5.74) is 33.0. The first-order valence-electron chi connectivity index (χ1n) is 26.8. The third-order valence-corrected chi connectivity index (χ3v) is 18.4. The van der Waals surface area contributed by atoms with Crippen LogP contribution < -0.4 is 9.80 Å². The topological polar surface area (TPSA) is 6.48 Å². The third kappa shape index (κ3) is 5.77. The van der Waals surface area contributed by atoms with Gasteiger partial charge in [0.2, 0.25) is 0 Å². The molecule has 356 valence electrons. The van der Waals surface area contributed by atoms with Crippen molar-refractivity contribution >= 4 is 34.0 Å². The number of fused-ring (bicyclic) bond motifs is 15. The highest BCUT2D eigenvalue weighted by molar-refractivity contribution is 5.99. The molecule has 0 saturated heterocycles. The minimum Gasteiger partial charge on any atom is -0.314 e. The molecule has 9 aromatic rings. The van der Waals surface area contributed by atoms with Crippen molar-refractivity contribution in [1.82, 2.24) is 0 Å². The first-order chi connectivity index (χ1) is 36.0. The Morgan fingerprint density at radius 2 is 0.905 bits per heavy atom. The van der Waals surface area contributed by atoms with E-state index in [0.717, 1.165) is 23.4 Å². The summed E-state index contributed by atoms with van der Waals surface area (Å²) in [5.74, 6) is 0. The van der Waals surface area contributed by atoms with Crippen molar-refractivity contribution in [1.29, 1.82) is 0 Å². The molecule has 2 heteroatoms. The van der Waals surface area contributed by atoms with Gasteiger partial charge < -0.3 is 9.80 Å². The number of anilines is 5. The van der Waals surface area contributed by atoms with Crippen LogP contribution >= 0.6 is 0 Å². The van der Waals surface area contributed by atoms with Crippen LogP contribution in [0.3, 0.4) is 0 Å². The van der Waals surface area contributed by atoms with Gasteiger partial charge in [0.25, 0.3) is 0 Å². The molecule has 0 amide bonds. The fourth-order valence-corrected chi connectivity index (χ4v) is 14.4. The van der Waals surface area contributed by atoms with Gasteiger partial charge in [-0.1, -0.05) is 180 Å². The first kappa shape index (κ1) is 43.4. The number of rotatable bonds is 6. The third-order valence-electron chi connectivity index (χ3n) is 18.4. The molecule has 0 radical (unpaired) electrons. The average Bonchev–Trinajstić information content (AvgIpc) is 3.87. The zero-order valence-corrected chi connectivity index (χ0v) is 43.0. The van der Waals surface area contributed by atoms with Gasteiger partial charge in [-0.15, -0.1) is 0 Å². The summed E-state index contributed by atoms with van der Waals surface area (Å²) >= 11 is 0. The van der Waals surface area contributed by atoms with Crippen LogP contribution in [0.4, 0.5) is 28.4 Å². The monoisotopic (exact) mass is 950 g/mol. The molecule has 0 N–H and O–H groups in total. The molecule has 1 spiro atoms. The lowest BCUT2D eigenvalue weighted by molar-refractivity contribution is 0.618. The maximum atomic E-state index is 4.38. The van der Waals surface area contributed by atoms with Crippen molar-refractivity contribution in [3.63, 3.8) is 0 Å². The Kier molecular flexibility index (Phi) is 9.04. The molecule has 74 heavy (non-hydrogen) atoms. The van der Waals surface area contributed by atoms with Gasteiger partial charge in [0.05, 0.1) is 16.8 Å². The van der Waals surface area contributed by atoms with E-state index in [2.05, 4.69) is 245 Å². The second-order valence-electron chi connectivity index (χ2n) is 22.8. The lowest BCUT2D eigenvalue weighted by Gasteiger charge is -2.42. The minimum absolute atomic E-state index is 0.218. The first-order valence-corrected chi connectivity index (χ1v) is 26.8.